The number of rotatable bonds is 9. The van der Waals surface area contributed by atoms with Crippen molar-refractivity contribution in [1.82, 2.24) is 9.80 Å². The molecule has 0 aromatic heterocycles. The van der Waals surface area contributed by atoms with E-state index in [4.69, 9.17) is 11.6 Å². The van der Waals surface area contributed by atoms with Crippen LogP contribution in [0.25, 0.3) is 6.08 Å². The molecule has 31 heavy (non-hydrogen) atoms. The van der Waals surface area contributed by atoms with Crippen LogP contribution in [0.4, 0.5) is 0 Å². The Kier molecular flexibility index (Phi) is 7.66. The lowest BCUT2D eigenvalue weighted by atomic mass is 9.95. The van der Waals surface area contributed by atoms with Crippen molar-refractivity contribution < 1.29 is 14.7 Å². The molecule has 2 aromatic carbocycles. The first-order chi connectivity index (χ1) is 15.0. The third kappa shape index (κ3) is 5.24. The molecule has 1 N–H and O–H groups in total. The van der Waals surface area contributed by atoms with Gasteiger partial charge in [-0.25, -0.2) is 0 Å². The predicted molar refractivity (Wildman–Crippen MR) is 124 cm³/mol. The summed E-state index contributed by atoms with van der Waals surface area (Å²) in [5.74, 6) is -1.43. The Bertz CT molecular complexity index is 997. The maximum atomic E-state index is 13.1. The third-order valence-corrected chi connectivity index (χ3v) is 5.75. The molecule has 162 valence electrons. The van der Waals surface area contributed by atoms with Crippen LogP contribution in [0.1, 0.15) is 31.0 Å². The number of ketones is 1. The van der Waals surface area contributed by atoms with E-state index in [1.165, 1.54) is 6.08 Å². The van der Waals surface area contributed by atoms with Crippen molar-refractivity contribution in [2.75, 3.05) is 26.2 Å². The van der Waals surface area contributed by atoms with Crippen LogP contribution < -0.4 is 0 Å². The molecule has 0 bridgehead atoms. The largest absolute Gasteiger partial charge is 0.503 e. The number of benzene rings is 2. The summed E-state index contributed by atoms with van der Waals surface area (Å²) in [4.78, 5) is 29.8. The molecule has 1 amide bonds. The third-order valence-electron chi connectivity index (χ3n) is 5.51. The summed E-state index contributed by atoms with van der Waals surface area (Å²) < 4.78 is 0. The molecule has 1 atom stereocenters. The molecule has 0 aliphatic carbocycles. The van der Waals surface area contributed by atoms with Crippen molar-refractivity contribution in [3.63, 3.8) is 0 Å². The van der Waals surface area contributed by atoms with Gasteiger partial charge in [0.15, 0.2) is 11.5 Å². The summed E-state index contributed by atoms with van der Waals surface area (Å²) in [6.45, 7) is 6.85. The fourth-order valence-electron chi connectivity index (χ4n) is 3.77. The molecule has 0 radical (unpaired) electrons. The highest BCUT2D eigenvalue weighted by molar-refractivity contribution is 6.30. The van der Waals surface area contributed by atoms with Crippen molar-refractivity contribution in [3.8, 4) is 0 Å². The van der Waals surface area contributed by atoms with Gasteiger partial charge < -0.3 is 14.9 Å². The zero-order valence-corrected chi connectivity index (χ0v) is 18.5. The Morgan fingerprint density at radius 3 is 2.48 bits per heavy atom. The number of halogens is 1. The van der Waals surface area contributed by atoms with Crippen molar-refractivity contribution in [2.45, 2.75) is 19.9 Å². The number of aliphatic hydroxyl groups excluding tert-OH is 1. The van der Waals surface area contributed by atoms with E-state index < -0.39 is 23.5 Å². The van der Waals surface area contributed by atoms with Crippen LogP contribution in [-0.2, 0) is 9.59 Å². The summed E-state index contributed by atoms with van der Waals surface area (Å²) in [6, 6.07) is 15.8. The van der Waals surface area contributed by atoms with E-state index in [1.54, 1.807) is 29.2 Å². The Labute approximate surface area is 188 Å². The Balaban J connectivity index is 1.95. The molecule has 0 spiro atoms. The normalized spacial score (nSPS) is 16.7. The average molecular weight is 439 g/mol. The molecule has 2 aromatic rings. The lowest BCUT2D eigenvalue weighted by molar-refractivity contribution is -0.129. The van der Waals surface area contributed by atoms with Gasteiger partial charge in [-0.05, 0) is 42.4 Å². The zero-order valence-electron chi connectivity index (χ0n) is 17.8. The Morgan fingerprint density at radius 2 is 1.84 bits per heavy atom. The van der Waals surface area contributed by atoms with E-state index in [2.05, 4.69) is 18.7 Å². The Hall–Kier alpha value is -2.89. The van der Waals surface area contributed by atoms with E-state index in [0.717, 1.165) is 18.7 Å². The maximum Gasteiger partial charge on any atom is 0.290 e. The molecule has 0 saturated heterocycles. The zero-order chi connectivity index (χ0) is 22.4. The monoisotopic (exact) mass is 438 g/mol. The maximum absolute atomic E-state index is 13.1. The number of carbonyl (C=O) groups excluding carboxylic acids is 2. The van der Waals surface area contributed by atoms with E-state index in [-0.39, 0.29) is 5.57 Å². The van der Waals surface area contributed by atoms with Gasteiger partial charge in [-0.2, -0.15) is 0 Å². The van der Waals surface area contributed by atoms with Gasteiger partial charge in [-0.15, -0.1) is 0 Å². The summed E-state index contributed by atoms with van der Waals surface area (Å²) in [5.41, 5.74) is 1.64. The molecule has 1 aliphatic heterocycles. The topological polar surface area (TPSA) is 60.9 Å². The highest BCUT2D eigenvalue weighted by Gasteiger charge is 2.42. The number of allylic oxidation sites excluding steroid dienone is 1. The summed E-state index contributed by atoms with van der Waals surface area (Å²) in [7, 11) is 0. The van der Waals surface area contributed by atoms with Gasteiger partial charge in [0.05, 0.1) is 11.6 Å². The lowest BCUT2D eigenvalue weighted by Crippen LogP contribution is -2.38. The molecule has 1 unspecified atom stereocenters. The molecule has 1 aliphatic rings. The lowest BCUT2D eigenvalue weighted by Gasteiger charge is -2.29. The van der Waals surface area contributed by atoms with Gasteiger partial charge in [-0.1, -0.05) is 74.0 Å². The van der Waals surface area contributed by atoms with Crippen molar-refractivity contribution >= 4 is 29.4 Å². The SMILES string of the molecule is CCN(CC)CCN1C(=O)C(O)=C(C(=O)/C=C/c2ccccc2)C1c1cccc(Cl)c1. The highest BCUT2D eigenvalue weighted by atomic mass is 35.5. The van der Waals surface area contributed by atoms with Gasteiger partial charge in [0.2, 0.25) is 0 Å². The minimum Gasteiger partial charge on any atom is -0.503 e. The number of likely N-dealkylation sites (N-methyl/N-ethyl adjacent to an activating group) is 1. The van der Waals surface area contributed by atoms with Crippen molar-refractivity contribution in [1.29, 1.82) is 0 Å². The standard InChI is InChI=1S/C25H27ClN2O3/c1-3-27(4-2)15-16-28-23(19-11-8-12-20(26)17-19)22(24(30)25(28)31)21(29)14-13-18-9-6-5-7-10-18/h5-14,17,23,30H,3-4,15-16H2,1-2H3/b14-13+. The predicted octanol–water partition coefficient (Wildman–Crippen LogP) is 4.66. The van der Waals surface area contributed by atoms with Crippen molar-refractivity contribution in [2.24, 2.45) is 0 Å². The molecular weight excluding hydrogens is 412 g/mol. The molecule has 5 nitrogen and oxygen atoms in total. The molecule has 0 fully saturated rings. The molecule has 0 saturated carbocycles. The fourth-order valence-corrected chi connectivity index (χ4v) is 3.97. The molecular formula is C25H27ClN2O3. The fraction of sp³-hybridized carbons (Fsp3) is 0.280. The number of carbonyl (C=O) groups is 2. The van der Waals surface area contributed by atoms with Gasteiger partial charge in [0.1, 0.15) is 0 Å². The second kappa shape index (κ2) is 10.4. The summed E-state index contributed by atoms with van der Waals surface area (Å²) in [5, 5.41) is 11.2. The van der Waals surface area contributed by atoms with Gasteiger partial charge in [-0.3, -0.25) is 9.59 Å². The Morgan fingerprint density at radius 1 is 1.13 bits per heavy atom. The first kappa shape index (κ1) is 22.8. The van der Waals surface area contributed by atoms with Crippen LogP contribution in [0.3, 0.4) is 0 Å². The van der Waals surface area contributed by atoms with Gasteiger partial charge in [0.25, 0.3) is 5.91 Å². The van der Waals surface area contributed by atoms with Crippen LogP contribution in [0.15, 0.2) is 72.0 Å². The number of nitrogens with zero attached hydrogens (tertiary/aromatic N) is 2. The second-order valence-electron chi connectivity index (χ2n) is 7.35. The van der Waals surface area contributed by atoms with Crippen LogP contribution in [0.5, 0.6) is 0 Å². The number of amides is 1. The number of aliphatic hydroxyl groups is 1. The van der Waals surface area contributed by atoms with Crippen molar-refractivity contribution in [3.05, 3.63) is 88.2 Å². The van der Waals surface area contributed by atoms with E-state index in [9.17, 15) is 14.7 Å². The van der Waals surface area contributed by atoms with E-state index >= 15 is 0 Å². The summed E-state index contributed by atoms with van der Waals surface area (Å²) in [6.07, 6.45) is 3.08. The number of hydrogen-bond acceptors (Lipinski definition) is 4. The first-order valence-electron chi connectivity index (χ1n) is 10.5. The molecule has 3 rings (SSSR count). The van der Waals surface area contributed by atoms with Crippen LogP contribution in [0, 0.1) is 0 Å². The molecule has 6 heteroatoms. The minimum absolute atomic E-state index is 0.0824. The minimum atomic E-state index is -0.685. The summed E-state index contributed by atoms with van der Waals surface area (Å²) >= 11 is 6.20. The van der Waals surface area contributed by atoms with Crippen LogP contribution >= 0.6 is 11.6 Å². The van der Waals surface area contributed by atoms with Gasteiger partial charge in [0, 0.05) is 18.1 Å². The van der Waals surface area contributed by atoms with Crippen LogP contribution in [0.2, 0.25) is 5.02 Å². The smallest absolute Gasteiger partial charge is 0.290 e. The average Bonchev–Trinajstić information content (AvgIpc) is 3.04. The van der Waals surface area contributed by atoms with Gasteiger partial charge >= 0.3 is 0 Å². The quantitative estimate of drug-likeness (QED) is 0.578. The molecule has 1 heterocycles. The highest BCUT2D eigenvalue weighted by Crippen LogP contribution is 2.38. The second-order valence-corrected chi connectivity index (χ2v) is 7.79. The van der Waals surface area contributed by atoms with E-state index in [0.29, 0.717) is 23.7 Å². The van der Waals surface area contributed by atoms with Crippen LogP contribution in [-0.4, -0.2) is 52.8 Å². The number of hydrogen-bond donors (Lipinski definition) is 1. The van der Waals surface area contributed by atoms with E-state index in [1.807, 2.05) is 36.4 Å². The first-order valence-corrected chi connectivity index (χ1v) is 10.8.